The number of aromatic nitrogens is 1. The molecule has 2 aromatic heterocycles. The molecule has 1 saturated heterocycles. The van der Waals surface area contributed by atoms with Crippen molar-refractivity contribution in [3.63, 3.8) is 0 Å². The molecule has 1 fully saturated rings. The van der Waals surface area contributed by atoms with Gasteiger partial charge in [-0.1, -0.05) is 24.3 Å². The van der Waals surface area contributed by atoms with E-state index in [9.17, 15) is 13.6 Å². The molecule has 9 heteroatoms. The summed E-state index contributed by atoms with van der Waals surface area (Å²) >= 11 is 1.57. The average molecular weight is 456 g/mol. The minimum absolute atomic E-state index is 0.0866. The van der Waals surface area contributed by atoms with E-state index in [0.29, 0.717) is 37.7 Å². The number of alkyl halides is 2. The van der Waals surface area contributed by atoms with Crippen LogP contribution in [0.1, 0.15) is 23.1 Å². The van der Waals surface area contributed by atoms with Crippen LogP contribution in [0.5, 0.6) is 0 Å². The van der Waals surface area contributed by atoms with Gasteiger partial charge < -0.3 is 10.6 Å². The maximum Gasteiger partial charge on any atom is 0.323 e. The van der Waals surface area contributed by atoms with Crippen molar-refractivity contribution in [2.75, 3.05) is 24.1 Å². The van der Waals surface area contributed by atoms with E-state index >= 15 is 0 Å². The lowest BCUT2D eigenvalue weighted by Gasteiger charge is -2.17. The van der Waals surface area contributed by atoms with Gasteiger partial charge in [0.2, 0.25) is 0 Å². The zero-order chi connectivity index (χ0) is 22.3. The number of nitrogens with two attached hydrogens (primary N) is 1. The van der Waals surface area contributed by atoms with Crippen LogP contribution in [0.3, 0.4) is 0 Å². The molecule has 0 radical (unpaired) electrons. The molecule has 5 rings (SSSR count). The predicted molar refractivity (Wildman–Crippen MR) is 122 cm³/mol. The van der Waals surface area contributed by atoms with E-state index < -0.39 is 5.92 Å². The van der Waals surface area contributed by atoms with Gasteiger partial charge >= 0.3 is 6.03 Å². The number of carbonyl (C=O) groups is 1. The largest absolute Gasteiger partial charge is 0.396 e. The van der Waals surface area contributed by atoms with Gasteiger partial charge in [0.25, 0.3) is 5.92 Å². The molecule has 0 unspecified atom stereocenters. The van der Waals surface area contributed by atoms with Crippen molar-refractivity contribution in [2.24, 2.45) is 0 Å². The molecular formula is C23H23F2N5OS. The maximum absolute atomic E-state index is 13.5. The summed E-state index contributed by atoms with van der Waals surface area (Å²) in [6, 6.07) is 13.2. The van der Waals surface area contributed by atoms with Crippen molar-refractivity contribution in [1.29, 1.82) is 0 Å². The second-order valence-electron chi connectivity index (χ2n) is 8.32. The highest BCUT2D eigenvalue weighted by Crippen LogP contribution is 2.30. The number of thiophene rings is 1. The number of nitrogens with one attached hydrogen (secondary N) is 1. The molecule has 166 valence electrons. The number of pyridine rings is 1. The van der Waals surface area contributed by atoms with E-state index in [2.05, 4.69) is 10.3 Å². The number of fused-ring (bicyclic) bond motifs is 1. The van der Waals surface area contributed by atoms with Gasteiger partial charge in [0.05, 0.1) is 22.8 Å². The minimum Gasteiger partial charge on any atom is -0.396 e. The summed E-state index contributed by atoms with van der Waals surface area (Å²) < 4.78 is 26.9. The smallest absolute Gasteiger partial charge is 0.323 e. The SMILES string of the molecule is Nc1ccc(-c2cccs2)nc1NC(=O)N1Cc2ccc(CN3CCC(F)(F)C3)cc2C1. The highest BCUT2D eigenvalue weighted by Gasteiger charge is 2.38. The standard InChI is InChI=1S/C23H23F2N5OS/c24-23(25)7-8-29(14-23)11-15-3-4-16-12-30(13-17(16)10-15)22(31)28-21-18(26)5-6-19(27-21)20-2-1-9-32-20/h1-6,9-10H,7-8,11-14,26H2,(H,27,28,31). The molecule has 0 aliphatic carbocycles. The molecule has 3 aromatic rings. The summed E-state index contributed by atoms with van der Waals surface area (Å²) in [4.78, 5) is 21.9. The van der Waals surface area contributed by atoms with Crippen molar-refractivity contribution >= 4 is 28.9 Å². The molecule has 2 aliphatic heterocycles. The third kappa shape index (κ3) is 4.31. The molecule has 4 heterocycles. The number of carbonyl (C=O) groups excluding carboxylic acids is 1. The fourth-order valence-electron chi connectivity index (χ4n) is 4.20. The molecule has 6 nitrogen and oxygen atoms in total. The van der Waals surface area contributed by atoms with E-state index in [-0.39, 0.29) is 19.0 Å². The maximum atomic E-state index is 13.5. The van der Waals surface area contributed by atoms with Crippen molar-refractivity contribution in [2.45, 2.75) is 32.0 Å². The van der Waals surface area contributed by atoms with Crippen LogP contribution >= 0.6 is 11.3 Å². The van der Waals surface area contributed by atoms with Crippen LogP contribution in [0.25, 0.3) is 10.6 Å². The van der Waals surface area contributed by atoms with Crippen molar-refractivity contribution < 1.29 is 13.6 Å². The molecule has 2 aliphatic rings. The van der Waals surface area contributed by atoms with Gasteiger partial charge in [0, 0.05) is 32.6 Å². The fraction of sp³-hybridized carbons (Fsp3) is 0.304. The van der Waals surface area contributed by atoms with Crippen molar-refractivity contribution in [3.8, 4) is 10.6 Å². The minimum atomic E-state index is -2.59. The van der Waals surface area contributed by atoms with Crippen LogP contribution in [0.4, 0.5) is 25.1 Å². The number of likely N-dealkylation sites (tertiary alicyclic amines) is 1. The van der Waals surface area contributed by atoms with E-state index in [1.54, 1.807) is 27.2 Å². The molecule has 32 heavy (non-hydrogen) atoms. The summed E-state index contributed by atoms with van der Waals surface area (Å²) in [5.74, 6) is -2.25. The molecule has 3 N–H and O–H groups in total. The summed E-state index contributed by atoms with van der Waals surface area (Å²) in [6.45, 7) is 1.63. The number of hydrogen-bond donors (Lipinski definition) is 2. The monoisotopic (exact) mass is 455 g/mol. The summed E-state index contributed by atoms with van der Waals surface area (Å²) in [5, 5.41) is 4.80. The van der Waals surface area contributed by atoms with Crippen LogP contribution in [0, 0.1) is 0 Å². The number of nitrogen functional groups attached to an aromatic ring is 1. The molecule has 0 saturated carbocycles. The van der Waals surface area contributed by atoms with E-state index in [1.807, 2.05) is 41.8 Å². The van der Waals surface area contributed by atoms with Crippen LogP contribution < -0.4 is 11.1 Å². The number of rotatable bonds is 4. The Hall–Kier alpha value is -3.04. The number of urea groups is 1. The third-order valence-electron chi connectivity index (χ3n) is 5.86. The number of benzene rings is 1. The van der Waals surface area contributed by atoms with E-state index in [4.69, 9.17) is 5.73 Å². The average Bonchev–Trinajstić information content (AvgIpc) is 3.49. The number of amides is 2. The number of halogens is 2. The van der Waals surface area contributed by atoms with Crippen LogP contribution in [-0.2, 0) is 19.6 Å². The van der Waals surface area contributed by atoms with E-state index in [1.165, 1.54) is 0 Å². The van der Waals surface area contributed by atoms with Gasteiger partial charge in [0.15, 0.2) is 5.82 Å². The highest BCUT2D eigenvalue weighted by molar-refractivity contribution is 7.13. The van der Waals surface area contributed by atoms with Gasteiger partial charge in [-0.05, 0) is 40.3 Å². The Morgan fingerprint density at radius 3 is 2.78 bits per heavy atom. The Balaban J connectivity index is 1.25. The summed E-state index contributed by atoms with van der Waals surface area (Å²) in [6.07, 6.45) is -0.0866. The van der Waals surface area contributed by atoms with Gasteiger partial charge in [-0.3, -0.25) is 10.2 Å². The Morgan fingerprint density at radius 1 is 1.19 bits per heavy atom. The highest BCUT2D eigenvalue weighted by atomic mass is 32.1. The molecule has 0 bridgehead atoms. The fourth-order valence-corrected chi connectivity index (χ4v) is 4.90. The number of nitrogens with zero attached hydrogens (tertiary/aromatic N) is 3. The second kappa shape index (κ2) is 8.14. The molecule has 2 amide bonds. The van der Waals surface area contributed by atoms with Crippen molar-refractivity contribution in [3.05, 3.63) is 64.5 Å². The molecule has 0 atom stereocenters. The van der Waals surface area contributed by atoms with E-state index in [0.717, 1.165) is 27.3 Å². The zero-order valence-electron chi connectivity index (χ0n) is 17.4. The van der Waals surface area contributed by atoms with Gasteiger partial charge in [-0.2, -0.15) is 0 Å². The topological polar surface area (TPSA) is 74.5 Å². The Morgan fingerprint density at radius 2 is 2.03 bits per heavy atom. The Kier molecular flexibility index (Phi) is 5.30. The summed E-state index contributed by atoms with van der Waals surface area (Å²) in [7, 11) is 0. The van der Waals surface area contributed by atoms with Crippen LogP contribution in [0.2, 0.25) is 0 Å². The lowest BCUT2D eigenvalue weighted by Crippen LogP contribution is -2.30. The molecule has 0 spiro atoms. The summed E-state index contributed by atoms with van der Waals surface area (Å²) in [5.41, 5.74) is 10.3. The van der Waals surface area contributed by atoms with Crippen molar-refractivity contribution in [1.82, 2.24) is 14.8 Å². The second-order valence-corrected chi connectivity index (χ2v) is 9.27. The quantitative estimate of drug-likeness (QED) is 0.594. The molecule has 1 aromatic carbocycles. The Bertz CT molecular complexity index is 1150. The zero-order valence-corrected chi connectivity index (χ0v) is 18.2. The molecular weight excluding hydrogens is 432 g/mol. The first-order valence-electron chi connectivity index (χ1n) is 10.4. The van der Waals surface area contributed by atoms with Gasteiger partial charge in [0.1, 0.15) is 0 Å². The van der Waals surface area contributed by atoms with Gasteiger partial charge in [-0.15, -0.1) is 11.3 Å². The number of hydrogen-bond acceptors (Lipinski definition) is 5. The predicted octanol–water partition coefficient (Wildman–Crippen LogP) is 4.78. The third-order valence-corrected chi connectivity index (χ3v) is 6.75. The first-order valence-corrected chi connectivity index (χ1v) is 11.3. The van der Waals surface area contributed by atoms with Crippen LogP contribution in [0.15, 0.2) is 47.8 Å². The van der Waals surface area contributed by atoms with Gasteiger partial charge in [-0.25, -0.2) is 18.6 Å². The normalized spacial score (nSPS) is 17.5. The first kappa shape index (κ1) is 20.8. The van der Waals surface area contributed by atoms with Crippen LogP contribution in [-0.4, -0.2) is 39.8 Å². The number of anilines is 2. The Labute approximate surface area is 188 Å². The first-order chi connectivity index (χ1) is 15.4. The lowest BCUT2D eigenvalue weighted by molar-refractivity contribution is 0.0115. The lowest BCUT2D eigenvalue weighted by atomic mass is 10.1.